The highest BCUT2D eigenvalue weighted by Crippen LogP contribution is 2.10. The largest absolute Gasteiger partial charge is 0.466 e. The number of aromatic nitrogens is 2. The van der Waals surface area contributed by atoms with Gasteiger partial charge in [0.2, 0.25) is 0 Å². The summed E-state index contributed by atoms with van der Waals surface area (Å²) in [7, 11) is 0. The van der Waals surface area contributed by atoms with Crippen LogP contribution in [0.5, 0.6) is 0 Å². The lowest BCUT2D eigenvalue weighted by atomic mass is 10.3. The van der Waals surface area contributed by atoms with Gasteiger partial charge in [-0.3, -0.25) is 14.3 Å². The zero-order valence-electron chi connectivity index (χ0n) is 11.3. The molecule has 0 saturated carbocycles. The minimum Gasteiger partial charge on any atom is -0.466 e. The summed E-state index contributed by atoms with van der Waals surface area (Å²) in [6.45, 7) is 4.98. The number of anilines is 1. The van der Waals surface area contributed by atoms with Crippen LogP contribution < -0.4 is 11.1 Å². The molecule has 0 fully saturated rings. The molecule has 0 radical (unpaired) electrons. The molecule has 7 nitrogen and oxygen atoms in total. The molecule has 0 aromatic carbocycles. The van der Waals surface area contributed by atoms with Crippen molar-refractivity contribution in [1.29, 1.82) is 0 Å². The molecule has 1 heterocycles. The third-order valence-electron chi connectivity index (χ3n) is 2.53. The first kappa shape index (κ1) is 15.0. The van der Waals surface area contributed by atoms with Crippen molar-refractivity contribution in [1.82, 2.24) is 15.1 Å². The van der Waals surface area contributed by atoms with Gasteiger partial charge in [-0.2, -0.15) is 5.10 Å². The van der Waals surface area contributed by atoms with Gasteiger partial charge in [-0.05, 0) is 20.3 Å². The fraction of sp³-hybridized carbons (Fsp3) is 0.583. The van der Waals surface area contributed by atoms with E-state index in [-0.39, 0.29) is 18.3 Å². The first-order valence-corrected chi connectivity index (χ1v) is 6.35. The highest BCUT2D eigenvalue weighted by atomic mass is 16.5. The van der Waals surface area contributed by atoms with Crippen molar-refractivity contribution in [3.8, 4) is 0 Å². The van der Waals surface area contributed by atoms with E-state index in [0.29, 0.717) is 37.5 Å². The van der Waals surface area contributed by atoms with Crippen LogP contribution >= 0.6 is 0 Å². The molecule has 0 aliphatic rings. The molecule has 19 heavy (non-hydrogen) atoms. The summed E-state index contributed by atoms with van der Waals surface area (Å²) in [6, 6.07) is 0. The van der Waals surface area contributed by atoms with Crippen LogP contribution in [0.2, 0.25) is 0 Å². The van der Waals surface area contributed by atoms with Gasteiger partial charge in [0.1, 0.15) is 5.69 Å². The van der Waals surface area contributed by atoms with Crippen LogP contribution in [0.4, 0.5) is 5.69 Å². The Labute approximate surface area is 112 Å². The summed E-state index contributed by atoms with van der Waals surface area (Å²) in [5.41, 5.74) is 6.40. The number of nitrogen functional groups attached to an aromatic ring is 1. The number of amides is 1. The molecule has 106 valence electrons. The second-order valence-corrected chi connectivity index (χ2v) is 3.93. The van der Waals surface area contributed by atoms with Crippen molar-refractivity contribution in [2.75, 3.05) is 18.9 Å². The van der Waals surface area contributed by atoms with Crippen molar-refractivity contribution in [3.63, 3.8) is 0 Å². The molecule has 0 spiro atoms. The lowest BCUT2D eigenvalue weighted by Gasteiger charge is -2.07. The van der Waals surface area contributed by atoms with Gasteiger partial charge in [0.25, 0.3) is 5.91 Å². The number of aryl methyl sites for hydroxylation is 1. The summed E-state index contributed by atoms with van der Waals surface area (Å²) < 4.78 is 6.33. The Morgan fingerprint density at radius 1 is 1.47 bits per heavy atom. The second-order valence-electron chi connectivity index (χ2n) is 3.93. The van der Waals surface area contributed by atoms with E-state index < -0.39 is 0 Å². The predicted molar refractivity (Wildman–Crippen MR) is 70.5 cm³/mol. The number of ether oxygens (including phenoxy) is 1. The van der Waals surface area contributed by atoms with Crippen molar-refractivity contribution in [2.24, 2.45) is 0 Å². The Morgan fingerprint density at radius 3 is 2.84 bits per heavy atom. The van der Waals surface area contributed by atoms with Gasteiger partial charge in [-0.1, -0.05) is 0 Å². The molecule has 1 aromatic rings. The van der Waals surface area contributed by atoms with Gasteiger partial charge in [0.05, 0.1) is 18.5 Å². The number of nitrogens with zero attached hydrogens (tertiary/aromatic N) is 2. The van der Waals surface area contributed by atoms with E-state index >= 15 is 0 Å². The SMILES string of the molecule is CCOC(=O)CCCNC(=O)c1c(N)cnn1CC. The molecule has 1 amide bonds. The fourth-order valence-corrected chi connectivity index (χ4v) is 1.64. The summed E-state index contributed by atoms with van der Waals surface area (Å²) in [6.07, 6.45) is 2.28. The first-order valence-electron chi connectivity index (χ1n) is 6.35. The molecular formula is C12H20N4O3. The molecule has 0 saturated heterocycles. The van der Waals surface area contributed by atoms with Crippen LogP contribution in [-0.2, 0) is 16.1 Å². The number of hydrogen-bond acceptors (Lipinski definition) is 5. The van der Waals surface area contributed by atoms with Crippen LogP contribution in [-0.4, -0.2) is 34.8 Å². The van der Waals surface area contributed by atoms with E-state index in [4.69, 9.17) is 10.5 Å². The van der Waals surface area contributed by atoms with E-state index in [1.165, 1.54) is 10.9 Å². The Morgan fingerprint density at radius 2 is 2.21 bits per heavy atom. The van der Waals surface area contributed by atoms with Crippen LogP contribution in [0.3, 0.4) is 0 Å². The minimum absolute atomic E-state index is 0.255. The second kappa shape index (κ2) is 7.40. The fourth-order valence-electron chi connectivity index (χ4n) is 1.64. The van der Waals surface area contributed by atoms with E-state index in [2.05, 4.69) is 10.4 Å². The van der Waals surface area contributed by atoms with Gasteiger partial charge in [0, 0.05) is 19.5 Å². The topological polar surface area (TPSA) is 99.2 Å². The predicted octanol–water partition coefficient (Wildman–Crippen LogP) is 0.558. The standard InChI is InChI=1S/C12H20N4O3/c1-3-16-11(9(13)8-15-16)12(18)14-7-5-6-10(17)19-4-2/h8H,3-7,13H2,1-2H3,(H,14,18). The van der Waals surface area contributed by atoms with Crippen molar-refractivity contribution in [2.45, 2.75) is 33.2 Å². The quantitative estimate of drug-likeness (QED) is 0.556. The molecule has 1 aromatic heterocycles. The molecule has 0 bridgehead atoms. The van der Waals surface area contributed by atoms with Crippen molar-refractivity contribution in [3.05, 3.63) is 11.9 Å². The van der Waals surface area contributed by atoms with E-state index in [1.54, 1.807) is 6.92 Å². The summed E-state index contributed by atoms with van der Waals surface area (Å²) in [4.78, 5) is 23.0. The third-order valence-corrected chi connectivity index (χ3v) is 2.53. The average Bonchev–Trinajstić information content (AvgIpc) is 2.76. The molecule has 7 heteroatoms. The molecular weight excluding hydrogens is 248 g/mol. The molecule has 1 rings (SSSR count). The highest BCUT2D eigenvalue weighted by Gasteiger charge is 2.15. The molecule has 0 aliphatic heterocycles. The van der Waals surface area contributed by atoms with Crippen LogP contribution in [0.1, 0.15) is 37.2 Å². The Bertz CT molecular complexity index is 442. The van der Waals surface area contributed by atoms with Gasteiger partial charge in [-0.25, -0.2) is 0 Å². The van der Waals surface area contributed by atoms with Crippen LogP contribution in [0, 0.1) is 0 Å². The van der Waals surface area contributed by atoms with E-state index in [0.717, 1.165) is 0 Å². The van der Waals surface area contributed by atoms with E-state index in [9.17, 15) is 9.59 Å². The van der Waals surface area contributed by atoms with Gasteiger partial charge < -0.3 is 15.8 Å². The normalized spacial score (nSPS) is 10.2. The first-order chi connectivity index (χ1) is 9.10. The molecule has 0 unspecified atom stereocenters. The van der Waals surface area contributed by atoms with Crippen LogP contribution in [0.25, 0.3) is 0 Å². The monoisotopic (exact) mass is 268 g/mol. The average molecular weight is 268 g/mol. The number of nitrogens with two attached hydrogens (primary N) is 1. The third kappa shape index (κ3) is 4.27. The number of carbonyl (C=O) groups excluding carboxylic acids is 2. The Balaban J connectivity index is 2.39. The molecule has 3 N–H and O–H groups in total. The number of nitrogens with one attached hydrogen (secondary N) is 1. The van der Waals surface area contributed by atoms with Gasteiger partial charge in [-0.15, -0.1) is 0 Å². The van der Waals surface area contributed by atoms with Gasteiger partial charge in [0.15, 0.2) is 0 Å². The smallest absolute Gasteiger partial charge is 0.305 e. The summed E-state index contributed by atoms with van der Waals surface area (Å²) >= 11 is 0. The maximum absolute atomic E-state index is 11.9. The summed E-state index contributed by atoms with van der Waals surface area (Å²) in [5.74, 6) is -0.532. The number of rotatable bonds is 7. The number of esters is 1. The molecule has 0 atom stereocenters. The van der Waals surface area contributed by atoms with E-state index in [1.807, 2.05) is 6.92 Å². The molecule has 0 aliphatic carbocycles. The Hall–Kier alpha value is -2.05. The highest BCUT2D eigenvalue weighted by molar-refractivity contribution is 5.97. The maximum Gasteiger partial charge on any atom is 0.305 e. The summed E-state index contributed by atoms with van der Waals surface area (Å²) in [5, 5.41) is 6.70. The lowest BCUT2D eigenvalue weighted by Crippen LogP contribution is -2.28. The lowest BCUT2D eigenvalue weighted by molar-refractivity contribution is -0.143. The zero-order valence-corrected chi connectivity index (χ0v) is 11.3. The zero-order chi connectivity index (χ0) is 14.3. The van der Waals surface area contributed by atoms with Crippen molar-refractivity contribution < 1.29 is 14.3 Å². The van der Waals surface area contributed by atoms with Gasteiger partial charge >= 0.3 is 5.97 Å². The Kier molecular flexibility index (Phi) is 5.84. The number of carbonyl (C=O) groups is 2. The van der Waals surface area contributed by atoms with Crippen molar-refractivity contribution >= 4 is 17.6 Å². The minimum atomic E-state index is -0.277. The number of hydrogen-bond donors (Lipinski definition) is 2. The van der Waals surface area contributed by atoms with Crippen LogP contribution in [0.15, 0.2) is 6.20 Å². The maximum atomic E-state index is 11.9.